The monoisotopic (exact) mass is 301 g/mol. The lowest BCUT2D eigenvalue weighted by Gasteiger charge is -2.01. The average molecular weight is 301 g/mol. The van der Waals surface area contributed by atoms with Crippen molar-refractivity contribution in [3.05, 3.63) is 48.5 Å². The average Bonchev–Trinajstić information content (AvgIpc) is 2.82. The highest BCUT2D eigenvalue weighted by Crippen LogP contribution is 2.37. The van der Waals surface area contributed by atoms with Gasteiger partial charge in [0.1, 0.15) is 0 Å². The number of fused-ring (bicyclic) bond motifs is 1. The molecule has 0 unspecified atom stereocenters. The molecule has 0 saturated carbocycles. The van der Waals surface area contributed by atoms with Gasteiger partial charge in [-0.05, 0) is 24.3 Å². The molecule has 4 nitrogen and oxygen atoms in total. The van der Waals surface area contributed by atoms with Crippen molar-refractivity contribution in [3.63, 3.8) is 0 Å². The van der Waals surface area contributed by atoms with Gasteiger partial charge in [-0.2, -0.15) is 0 Å². The molecule has 20 heavy (non-hydrogen) atoms. The second-order valence-corrected chi connectivity index (χ2v) is 6.14. The predicted octanol–water partition coefficient (Wildman–Crippen LogP) is 3.94. The number of benzene rings is 2. The normalized spacial score (nSPS) is 10.6. The lowest BCUT2D eigenvalue weighted by Crippen LogP contribution is -2.18. The van der Waals surface area contributed by atoms with Gasteiger partial charge in [0.2, 0.25) is 0 Å². The molecule has 3 rings (SSSR count). The van der Waals surface area contributed by atoms with Crippen molar-refractivity contribution in [2.24, 2.45) is 5.73 Å². The number of nitrogens with zero attached hydrogens (tertiary/aromatic N) is 1. The minimum absolute atomic E-state index is 0.522. The fourth-order valence-corrected chi connectivity index (χ4v) is 3.80. The molecule has 0 aliphatic carbocycles. The number of nitrogens with two attached hydrogens (primary N) is 1. The molecule has 0 spiro atoms. The molecule has 0 radical (unpaired) electrons. The summed E-state index contributed by atoms with van der Waals surface area (Å²) in [5.74, 6) is 0. The van der Waals surface area contributed by atoms with Crippen molar-refractivity contribution >= 4 is 44.5 Å². The van der Waals surface area contributed by atoms with Crippen LogP contribution in [-0.4, -0.2) is 11.0 Å². The summed E-state index contributed by atoms with van der Waals surface area (Å²) in [4.78, 5) is 17.5. The van der Waals surface area contributed by atoms with Gasteiger partial charge in [-0.3, -0.25) is 5.32 Å². The number of carbonyl (C=O) groups is 1. The van der Waals surface area contributed by atoms with Crippen LogP contribution in [0.4, 0.5) is 9.93 Å². The van der Waals surface area contributed by atoms with E-state index in [1.807, 2.05) is 36.4 Å². The van der Waals surface area contributed by atoms with Gasteiger partial charge in [-0.15, -0.1) is 0 Å². The third-order valence-corrected chi connectivity index (χ3v) is 4.80. The molecule has 1 aromatic heterocycles. The largest absolute Gasteiger partial charge is 0.351 e. The quantitative estimate of drug-likeness (QED) is 0.770. The van der Waals surface area contributed by atoms with Gasteiger partial charge in [0.25, 0.3) is 0 Å². The fraction of sp³-hybridized carbons (Fsp3) is 0. The molecule has 0 atom stereocenters. The van der Waals surface area contributed by atoms with Gasteiger partial charge in [0, 0.05) is 9.79 Å². The van der Waals surface area contributed by atoms with Crippen LogP contribution >= 0.6 is 23.1 Å². The van der Waals surface area contributed by atoms with Crippen molar-refractivity contribution in [1.82, 2.24) is 4.98 Å². The number of hydrogen-bond acceptors (Lipinski definition) is 4. The van der Waals surface area contributed by atoms with Crippen LogP contribution in [0.3, 0.4) is 0 Å². The van der Waals surface area contributed by atoms with Crippen molar-refractivity contribution in [2.45, 2.75) is 9.79 Å². The SMILES string of the molecule is NC(=O)Nc1nc2cccc(Sc3ccccc3)c2s1. The van der Waals surface area contributed by atoms with Crippen LogP contribution < -0.4 is 11.1 Å². The van der Waals surface area contributed by atoms with E-state index in [1.165, 1.54) is 11.3 Å². The summed E-state index contributed by atoms with van der Waals surface area (Å²) in [6.07, 6.45) is 0. The highest BCUT2D eigenvalue weighted by Gasteiger charge is 2.10. The first-order valence-corrected chi connectivity index (χ1v) is 7.54. The summed E-state index contributed by atoms with van der Waals surface area (Å²) < 4.78 is 1.05. The summed E-state index contributed by atoms with van der Waals surface area (Å²) in [6.45, 7) is 0. The third kappa shape index (κ3) is 2.76. The Morgan fingerprint density at radius 3 is 2.70 bits per heavy atom. The molecule has 0 fully saturated rings. The molecule has 2 aromatic carbocycles. The van der Waals surface area contributed by atoms with Crippen LogP contribution in [0.5, 0.6) is 0 Å². The molecule has 3 N–H and O–H groups in total. The number of anilines is 1. The summed E-state index contributed by atoms with van der Waals surface area (Å²) in [7, 11) is 0. The highest BCUT2D eigenvalue weighted by atomic mass is 32.2. The number of hydrogen-bond donors (Lipinski definition) is 2. The smallest absolute Gasteiger partial charge is 0.318 e. The number of rotatable bonds is 3. The Labute approximate surface area is 124 Å². The van der Waals surface area contributed by atoms with Crippen LogP contribution in [-0.2, 0) is 0 Å². The van der Waals surface area contributed by atoms with E-state index in [-0.39, 0.29) is 0 Å². The van der Waals surface area contributed by atoms with Crippen LogP contribution in [0.1, 0.15) is 0 Å². The summed E-state index contributed by atoms with van der Waals surface area (Å²) in [5, 5.41) is 3.04. The molecule has 0 aliphatic rings. The zero-order valence-electron chi connectivity index (χ0n) is 10.4. The number of thiazole rings is 1. The van der Waals surface area contributed by atoms with Crippen LogP contribution in [0.15, 0.2) is 58.3 Å². The van der Waals surface area contributed by atoms with E-state index in [2.05, 4.69) is 22.4 Å². The maximum Gasteiger partial charge on any atom is 0.318 e. The first kappa shape index (κ1) is 13.0. The first-order valence-electron chi connectivity index (χ1n) is 5.91. The van der Waals surface area contributed by atoms with Crippen LogP contribution in [0.2, 0.25) is 0 Å². The minimum Gasteiger partial charge on any atom is -0.351 e. The Bertz CT molecular complexity index is 755. The molecule has 0 bridgehead atoms. The maximum atomic E-state index is 10.9. The molecule has 6 heteroatoms. The molecule has 100 valence electrons. The molecule has 3 aromatic rings. The lowest BCUT2D eigenvalue weighted by molar-refractivity contribution is 0.259. The van der Waals surface area contributed by atoms with E-state index in [9.17, 15) is 4.79 Å². The Kier molecular flexibility index (Phi) is 3.58. The summed E-state index contributed by atoms with van der Waals surface area (Å²) >= 11 is 3.10. The van der Waals surface area contributed by atoms with Crippen LogP contribution in [0.25, 0.3) is 10.2 Å². The lowest BCUT2D eigenvalue weighted by atomic mass is 10.3. The number of carbonyl (C=O) groups excluding carboxylic acids is 1. The van der Waals surface area contributed by atoms with Gasteiger partial charge in [-0.25, -0.2) is 9.78 Å². The second-order valence-electron chi connectivity index (χ2n) is 4.03. The Morgan fingerprint density at radius 1 is 1.15 bits per heavy atom. The number of nitrogens with one attached hydrogen (secondary N) is 1. The number of primary amides is 1. The highest BCUT2D eigenvalue weighted by molar-refractivity contribution is 7.99. The standard InChI is InChI=1S/C14H11N3OS2/c15-13(18)17-14-16-10-7-4-8-11(12(10)20-14)19-9-5-2-1-3-6-9/h1-8H,(H3,15,16,17,18). The molecule has 0 aliphatic heterocycles. The van der Waals surface area contributed by atoms with Crippen molar-refractivity contribution in [3.8, 4) is 0 Å². The first-order chi connectivity index (χ1) is 9.72. The minimum atomic E-state index is -0.596. The Balaban J connectivity index is 1.98. The van der Waals surface area contributed by atoms with Gasteiger partial charge in [-0.1, -0.05) is 47.4 Å². The second kappa shape index (κ2) is 5.52. The number of aromatic nitrogens is 1. The Morgan fingerprint density at radius 2 is 1.95 bits per heavy atom. The number of urea groups is 1. The van der Waals surface area contributed by atoms with E-state index >= 15 is 0 Å². The molecule has 1 heterocycles. The fourth-order valence-electron chi connectivity index (χ4n) is 1.78. The van der Waals surface area contributed by atoms with E-state index in [4.69, 9.17) is 5.73 Å². The summed E-state index contributed by atoms with van der Waals surface area (Å²) in [5.41, 5.74) is 5.98. The number of amides is 2. The molecule has 2 amide bonds. The zero-order valence-corrected chi connectivity index (χ0v) is 12.0. The van der Waals surface area contributed by atoms with Crippen molar-refractivity contribution in [2.75, 3.05) is 5.32 Å². The van der Waals surface area contributed by atoms with Gasteiger partial charge < -0.3 is 5.73 Å². The van der Waals surface area contributed by atoms with Crippen molar-refractivity contribution < 1.29 is 4.79 Å². The predicted molar refractivity (Wildman–Crippen MR) is 83.4 cm³/mol. The molecular formula is C14H11N3OS2. The molecular weight excluding hydrogens is 290 g/mol. The zero-order chi connectivity index (χ0) is 13.9. The Hall–Kier alpha value is -2.05. The molecule has 0 saturated heterocycles. The van der Waals surface area contributed by atoms with Gasteiger partial charge in [0.15, 0.2) is 5.13 Å². The van der Waals surface area contributed by atoms with Gasteiger partial charge in [0.05, 0.1) is 10.2 Å². The van der Waals surface area contributed by atoms with E-state index < -0.39 is 6.03 Å². The van der Waals surface area contributed by atoms with Gasteiger partial charge >= 0.3 is 6.03 Å². The third-order valence-electron chi connectivity index (χ3n) is 2.58. The van der Waals surface area contributed by atoms with E-state index in [0.29, 0.717) is 5.13 Å². The van der Waals surface area contributed by atoms with E-state index in [0.717, 1.165) is 20.0 Å². The topological polar surface area (TPSA) is 68.0 Å². The summed E-state index contributed by atoms with van der Waals surface area (Å²) in [6, 6.07) is 15.5. The van der Waals surface area contributed by atoms with Crippen LogP contribution in [0, 0.1) is 0 Å². The van der Waals surface area contributed by atoms with E-state index in [1.54, 1.807) is 11.8 Å². The maximum absolute atomic E-state index is 10.9. The van der Waals surface area contributed by atoms with Crippen molar-refractivity contribution in [1.29, 1.82) is 0 Å².